The zero-order chi connectivity index (χ0) is 24.6. The van der Waals surface area contributed by atoms with Crippen molar-refractivity contribution in [1.82, 2.24) is 9.80 Å². The van der Waals surface area contributed by atoms with Crippen LogP contribution in [0.3, 0.4) is 0 Å². The van der Waals surface area contributed by atoms with Crippen LogP contribution in [0.25, 0.3) is 0 Å². The lowest BCUT2D eigenvalue weighted by molar-refractivity contribution is -0.142. The van der Waals surface area contributed by atoms with Gasteiger partial charge in [0, 0.05) is 24.6 Å². The first-order valence-electron chi connectivity index (χ1n) is 12.0. The summed E-state index contributed by atoms with van der Waals surface area (Å²) in [4.78, 5) is 31.5. The number of nitrogens with zero attached hydrogens (tertiary/aromatic N) is 2. The Morgan fingerprint density at radius 1 is 0.971 bits per heavy atom. The third-order valence-electron chi connectivity index (χ3n) is 6.27. The topological polar surface area (TPSA) is 49.9 Å². The fourth-order valence-corrected chi connectivity index (χ4v) is 5.14. The van der Waals surface area contributed by atoms with Gasteiger partial charge >= 0.3 is 0 Å². The van der Waals surface area contributed by atoms with E-state index in [1.165, 1.54) is 12.1 Å². The Labute approximate surface area is 210 Å². The highest BCUT2D eigenvalue weighted by molar-refractivity contribution is 7.10. The van der Waals surface area contributed by atoms with Crippen LogP contribution in [0.4, 0.5) is 4.39 Å². The van der Waals surface area contributed by atoms with Crippen LogP contribution in [0.1, 0.15) is 34.4 Å². The zero-order valence-corrected chi connectivity index (χ0v) is 20.8. The molecule has 2 aromatic carbocycles. The number of rotatable bonds is 10. The quantitative estimate of drug-likeness (QED) is 0.400. The maximum absolute atomic E-state index is 13.6. The Balaban J connectivity index is 1.51. The van der Waals surface area contributed by atoms with Crippen molar-refractivity contribution in [1.29, 1.82) is 0 Å². The second-order valence-corrected chi connectivity index (χ2v) is 9.98. The molecule has 0 N–H and O–H groups in total. The van der Waals surface area contributed by atoms with Crippen LogP contribution in [0, 0.1) is 12.7 Å². The van der Waals surface area contributed by atoms with Gasteiger partial charge in [-0.05, 0) is 60.0 Å². The molecule has 2 heterocycles. The number of hydrogen-bond acceptors (Lipinski definition) is 4. The summed E-state index contributed by atoms with van der Waals surface area (Å²) in [6, 6.07) is 17.9. The molecule has 35 heavy (non-hydrogen) atoms. The van der Waals surface area contributed by atoms with Crippen molar-refractivity contribution in [3.8, 4) is 0 Å². The van der Waals surface area contributed by atoms with Crippen molar-refractivity contribution in [2.24, 2.45) is 0 Å². The highest BCUT2D eigenvalue weighted by atomic mass is 32.1. The molecule has 1 aliphatic rings. The van der Waals surface area contributed by atoms with Crippen molar-refractivity contribution in [3.63, 3.8) is 0 Å². The van der Waals surface area contributed by atoms with Crippen molar-refractivity contribution in [3.05, 3.63) is 93.4 Å². The standard InChI is InChI=1S/C28H31FN2O3S/c1-21-13-15-35-26(21)19-30(17-23-6-3-2-4-7-23)28(33)20-31(18-25-8-5-14-34-25)27(32)16-22-9-11-24(29)12-10-22/h2-4,6-7,9-13,15,25H,5,8,14,16-20H2,1H3. The van der Waals surface area contributed by atoms with E-state index < -0.39 is 0 Å². The Morgan fingerprint density at radius 2 is 1.74 bits per heavy atom. The zero-order valence-electron chi connectivity index (χ0n) is 20.0. The molecule has 4 rings (SSSR count). The number of halogens is 1. The number of carbonyl (C=O) groups excluding carboxylic acids is 2. The van der Waals surface area contributed by atoms with E-state index in [9.17, 15) is 14.0 Å². The van der Waals surface area contributed by atoms with Crippen LogP contribution in [0.2, 0.25) is 0 Å². The van der Waals surface area contributed by atoms with Crippen LogP contribution < -0.4 is 0 Å². The summed E-state index contributed by atoms with van der Waals surface area (Å²) in [5.74, 6) is -0.604. The molecule has 1 aliphatic heterocycles. The van der Waals surface area contributed by atoms with Gasteiger partial charge in [0.1, 0.15) is 5.82 Å². The van der Waals surface area contributed by atoms with Crippen molar-refractivity contribution < 1.29 is 18.7 Å². The molecule has 7 heteroatoms. The molecule has 0 aliphatic carbocycles. The van der Waals surface area contributed by atoms with E-state index in [1.807, 2.05) is 47.5 Å². The average Bonchev–Trinajstić information content (AvgIpc) is 3.52. The predicted molar refractivity (Wildman–Crippen MR) is 135 cm³/mol. The van der Waals surface area contributed by atoms with E-state index in [0.717, 1.165) is 34.4 Å². The Bertz CT molecular complexity index is 1110. The van der Waals surface area contributed by atoms with E-state index in [2.05, 4.69) is 6.07 Å². The van der Waals surface area contributed by atoms with Crippen molar-refractivity contribution in [2.75, 3.05) is 19.7 Å². The van der Waals surface area contributed by atoms with Crippen LogP contribution in [-0.4, -0.2) is 47.4 Å². The molecule has 184 valence electrons. The van der Waals surface area contributed by atoms with Gasteiger partial charge in [-0.15, -0.1) is 11.3 Å². The molecule has 2 amide bonds. The predicted octanol–water partition coefficient (Wildman–Crippen LogP) is 4.97. The molecule has 0 bridgehead atoms. The lowest BCUT2D eigenvalue weighted by Crippen LogP contribution is -2.45. The number of amides is 2. The number of thiophene rings is 1. The lowest BCUT2D eigenvalue weighted by atomic mass is 10.1. The number of hydrogen-bond donors (Lipinski definition) is 0. The number of carbonyl (C=O) groups is 2. The first kappa shape index (κ1) is 25.1. The number of aryl methyl sites for hydroxylation is 1. The smallest absolute Gasteiger partial charge is 0.242 e. The summed E-state index contributed by atoms with van der Waals surface area (Å²) in [5, 5.41) is 2.03. The van der Waals surface area contributed by atoms with Gasteiger partial charge in [0.05, 0.1) is 25.6 Å². The Hall–Kier alpha value is -3.03. The molecule has 1 atom stereocenters. The maximum Gasteiger partial charge on any atom is 0.242 e. The van der Waals surface area contributed by atoms with E-state index in [1.54, 1.807) is 28.4 Å². The van der Waals surface area contributed by atoms with Crippen LogP contribution in [0.15, 0.2) is 66.0 Å². The highest BCUT2D eigenvalue weighted by Crippen LogP contribution is 2.20. The molecule has 1 unspecified atom stereocenters. The van der Waals surface area contributed by atoms with Gasteiger partial charge in [-0.25, -0.2) is 4.39 Å². The molecular formula is C28H31FN2O3S. The molecule has 0 saturated carbocycles. The van der Waals surface area contributed by atoms with Gasteiger partial charge in [0.2, 0.25) is 11.8 Å². The summed E-state index contributed by atoms with van der Waals surface area (Å²) in [7, 11) is 0. The first-order valence-corrected chi connectivity index (χ1v) is 12.8. The van der Waals surface area contributed by atoms with Crippen molar-refractivity contribution in [2.45, 2.75) is 45.4 Å². The monoisotopic (exact) mass is 494 g/mol. The molecule has 3 aromatic rings. The van der Waals surface area contributed by atoms with Gasteiger partial charge in [0.15, 0.2) is 0 Å². The number of ether oxygens (including phenoxy) is 1. The minimum atomic E-state index is -0.340. The number of benzene rings is 2. The largest absolute Gasteiger partial charge is 0.376 e. The minimum Gasteiger partial charge on any atom is -0.376 e. The molecule has 0 radical (unpaired) electrons. The summed E-state index contributed by atoms with van der Waals surface area (Å²) in [5.41, 5.74) is 2.92. The molecule has 5 nitrogen and oxygen atoms in total. The van der Waals surface area contributed by atoms with Gasteiger partial charge < -0.3 is 14.5 Å². The highest BCUT2D eigenvalue weighted by Gasteiger charge is 2.27. The molecular weight excluding hydrogens is 463 g/mol. The van der Waals surface area contributed by atoms with Gasteiger partial charge in [-0.2, -0.15) is 0 Å². The fraction of sp³-hybridized carbons (Fsp3) is 0.357. The van der Waals surface area contributed by atoms with E-state index >= 15 is 0 Å². The third kappa shape index (κ3) is 7.23. The van der Waals surface area contributed by atoms with E-state index in [-0.39, 0.29) is 36.7 Å². The fourth-order valence-electron chi connectivity index (χ4n) is 4.22. The molecule has 1 aromatic heterocycles. The summed E-state index contributed by atoms with van der Waals surface area (Å²) >= 11 is 1.64. The second kappa shape index (κ2) is 12.1. The second-order valence-electron chi connectivity index (χ2n) is 8.97. The Kier molecular flexibility index (Phi) is 8.66. The SMILES string of the molecule is Cc1ccsc1CN(Cc1ccccc1)C(=O)CN(CC1CCCO1)C(=O)Cc1ccc(F)cc1. The van der Waals surface area contributed by atoms with Crippen LogP contribution >= 0.6 is 11.3 Å². The molecule has 0 spiro atoms. The van der Waals surface area contributed by atoms with Gasteiger partial charge in [-0.3, -0.25) is 9.59 Å². The first-order chi connectivity index (χ1) is 17.0. The molecule has 1 fully saturated rings. The average molecular weight is 495 g/mol. The maximum atomic E-state index is 13.6. The molecule has 1 saturated heterocycles. The van der Waals surface area contributed by atoms with E-state index in [4.69, 9.17) is 4.74 Å². The summed E-state index contributed by atoms with van der Waals surface area (Å²) in [6.45, 7) is 4.05. The minimum absolute atomic E-state index is 0.0167. The van der Waals surface area contributed by atoms with Crippen LogP contribution in [-0.2, 0) is 33.8 Å². The summed E-state index contributed by atoms with van der Waals surface area (Å²) < 4.78 is 19.1. The van der Waals surface area contributed by atoms with E-state index in [0.29, 0.717) is 26.2 Å². The normalized spacial score (nSPS) is 15.2. The third-order valence-corrected chi connectivity index (χ3v) is 7.27. The van der Waals surface area contributed by atoms with Crippen molar-refractivity contribution >= 4 is 23.2 Å². The lowest BCUT2D eigenvalue weighted by Gasteiger charge is -2.29. The van der Waals surface area contributed by atoms with Crippen LogP contribution in [0.5, 0.6) is 0 Å². The van der Waals surface area contributed by atoms with Gasteiger partial charge in [0.25, 0.3) is 0 Å². The van der Waals surface area contributed by atoms with Gasteiger partial charge in [-0.1, -0.05) is 42.5 Å². The Morgan fingerprint density at radius 3 is 2.40 bits per heavy atom. The summed E-state index contributed by atoms with van der Waals surface area (Å²) in [6.07, 6.45) is 1.87.